The summed E-state index contributed by atoms with van der Waals surface area (Å²) in [5.74, 6) is -1.09. The lowest BCUT2D eigenvalue weighted by atomic mass is 9.87. The van der Waals surface area contributed by atoms with Gasteiger partial charge in [0, 0.05) is 31.4 Å². The number of hydrogen-bond donors (Lipinski definition) is 0. The van der Waals surface area contributed by atoms with Gasteiger partial charge >= 0.3 is 11.9 Å². The number of fused-ring (bicyclic) bond motifs is 3. The van der Waals surface area contributed by atoms with Gasteiger partial charge in [-0.1, -0.05) is 61.7 Å². The van der Waals surface area contributed by atoms with Crippen molar-refractivity contribution in [2.45, 2.75) is 81.2 Å². The zero-order valence-electron chi connectivity index (χ0n) is 20.4. The van der Waals surface area contributed by atoms with Gasteiger partial charge < -0.3 is 14.2 Å². The minimum absolute atomic E-state index is 0.0837. The second-order valence-corrected chi connectivity index (χ2v) is 11.6. The van der Waals surface area contributed by atoms with Crippen molar-refractivity contribution >= 4 is 26.7 Å². The Balaban J connectivity index is 1.78. The van der Waals surface area contributed by atoms with Gasteiger partial charge in [-0.2, -0.15) is 0 Å². The van der Waals surface area contributed by atoms with Crippen LogP contribution < -0.4 is 0 Å². The normalized spacial score (nSPS) is 25.8. The average molecular weight is 511 g/mol. The summed E-state index contributed by atoms with van der Waals surface area (Å²) in [5, 5.41) is 0. The highest BCUT2D eigenvalue weighted by molar-refractivity contribution is 8.00. The summed E-state index contributed by atoms with van der Waals surface area (Å²) in [6, 6.07) is 15.5. The van der Waals surface area contributed by atoms with Gasteiger partial charge in [0.05, 0.1) is 15.9 Å². The van der Waals surface area contributed by atoms with E-state index in [0.717, 1.165) is 32.1 Å². The Morgan fingerprint density at radius 1 is 0.861 bits per heavy atom. The molecule has 2 aromatic rings. The van der Waals surface area contributed by atoms with Gasteiger partial charge in [-0.25, -0.2) is 8.42 Å². The van der Waals surface area contributed by atoms with E-state index in [-0.39, 0.29) is 22.3 Å². The quantitative estimate of drug-likeness (QED) is 0.520. The fourth-order valence-electron chi connectivity index (χ4n) is 5.96. The Hall–Kier alpha value is -2.97. The lowest BCUT2D eigenvalue weighted by Crippen LogP contribution is -2.48. The van der Waals surface area contributed by atoms with Gasteiger partial charge in [0.1, 0.15) is 6.10 Å². The van der Waals surface area contributed by atoms with E-state index in [0.29, 0.717) is 16.7 Å². The molecule has 8 heteroatoms. The average Bonchev–Trinajstić information content (AvgIpc) is 3.28. The third kappa shape index (κ3) is 4.06. The maximum Gasteiger partial charge on any atom is 0.303 e. The van der Waals surface area contributed by atoms with E-state index in [2.05, 4.69) is 0 Å². The first-order chi connectivity index (χ1) is 17.2. The minimum atomic E-state index is -3.97. The molecule has 0 spiro atoms. The molecular formula is C28H30O7S. The maximum atomic E-state index is 14.1. The fourth-order valence-corrected chi connectivity index (χ4v) is 7.74. The summed E-state index contributed by atoms with van der Waals surface area (Å²) in [6.45, 7) is 2.58. The van der Waals surface area contributed by atoms with Crippen LogP contribution in [0, 0.1) is 0 Å². The highest BCUT2D eigenvalue weighted by Gasteiger charge is 2.64. The summed E-state index contributed by atoms with van der Waals surface area (Å²) >= 11 is 0. The molecule has 2 aromatic carbocycles. The molecule has 0 bridgehead atoms. The second kappa shape index (κ2) is 9.48. The van der Waals surface area contributed by atoms with E-state index in [1.165, 1.54) is 13.8 Å². The molecule has 0 unspecified atom stereocenters. The van der Waals surface area contributed by atoms with Crippen molar-refractivity contribution in [2.24, 2.45) is 0 Å². The summed E-state index contributed by atoms with van der Waals surface area (Å²) in [5.41, 5.74) is 0.281. The van der Waals surface area contributed by atoms with Gasteiger partial charge in [0.25, 0.3) is 0 Å². The first-order valence-electron chi connectivity index (χ1n) is 12.4. The Bertz CT molecular complexity index is 1310. The van der Waals surface area contributed by atoms with Crippen LogP contribution in [0.2, 0.25) is 0 Å². The number of carbonyl (C=O) groups is 2. The molecule has 0 aromatic heterocycles. The number of sulfone groups is 1. The predicted molar refractivity (Wildman–Crippen MR) is 132 cm³/mol. The zero-order valence-corrected chi connectivity index (χ0v) is 21.3. The molecule has 3 aliphatic rings. The molecule has 2 saturated carbocycles. The molecule has 2 fully saturated rings. The standard InChI is InChI=1S/C28H30O7S/c1-18(29)33-25-17-24-26(36(31,32)21-13-7-4-8-14-21)22-15-9-10-16-23(22)28(24,27(25)34-19(2)30)35-20-11-5-3-6-12-20/h4,7-10,13-16,20,25,27H,3,5-6,11-12,17H2,1-2H3/t25-,27-,28-/m0/s1. The molecule has 190 valence electrons. The van der Waals surface area contributed by atoms with E-state index < -0.39 is 39.6 Å². The number of ether oxygens (including phenoxy) is 3. The molecule has 3 aliphatic carbocycles. The Kier molecular flexibility index (Phi) is 6.51. The summed E-state index contributed by atoms with van der Waals surface area (Å²) in [6.07, 6.45) is 2.81. The monoisotopic (exact) mass is 510 g/mol. The van der Waals surface area contributed by atoms with Crippen LogP contribution in [-0.4, -0.2) is 38.7 Å². The number of carbonyl (C=O) groups excluding carboxylic acids is 2. The van der Waals surface area contributed by atoms with Gasteiger partial charge in [-0.3, -0.25) is 9.59 Å². The molecule has 0 heterocycles. The van der Waals surface area contributed by atoms with Crippen molar-refractivity contribution in [1.29, 1.82) is 0 Å². The van der Waals surface area contributed by atoms with Crippen molar-refractivity contribution in [1.82, 2.24) is 0 Å². The van der Waals surface area contributed by atoms with Gasteiger partial charge in [0.15, 0.2) is 11.7 Å². The van der Waals surface area contributed by atoms with Crippen LogP contribution in [0.1, 0.15) is 63.5 Å². The van der Waals surface area contributed by atoms with Crippen molar-refractivity contribution in [3.8, 4) is 0 Å². The molecule has 0 aliphatic heterocycles. The van der Waals surface area contributed by atoms with Crippen LogP contribution in [0.15, 0.2) is 65.1 Å². The highest BCUT2D eigenvalue weighted by atomic mass is 32.2. The number of esters is 2. The van der Waals surface area contributed by atoms with Crippen molar-refractivity contribution in [3.05, 3.63) is 71.3 Å². The molecule has 36 heavy (non-hydrogen) atoms. The second-order valence-electron chi connectivity index (χ2n) is 9.67. The first kappa shape index (κ1) is 24.7. The summed E-state index contributed by atoms with van der Waals surface area (Å²) < 4.78 is 46.6. The predicted octanol–water partition coefficient (Wildman–Crippen LogP) is 4.70. The smallest absolute Gasteiger partial charge is 0.303 e. The molecule has 3 atom stereocenters. The van der Waals surface area contributed by atoms with Crippen LogP contribution in [-0.2, 0) is 39.2 Å². The summed E-state index contributed by atoms with van der Waals surface area (Å²) in [4.78, 5) is 24.7. The van der Waals surface area contributed by atoms with E-state index >= 15 is 0 Å². The van der Waals surface area contributed by atoms with Crippen LogP contribution in [0.4, 0.5) is 0 Å². The van der Waals surface area contributed by atoms with E-state index in [1.807, 2.05) is 12.1 Å². The third-order valence-electron chi connectivity index (χ3n) is 7.28. The lowest BCUT2D eigenvalue weighted by Gasteiger charge is -2.39. The first-order valence-corrected chi connectivity index (χ1v) is 13.9. The lowest BCUT2D eigenvalue weighted by molar-refractivity contribution is -0.193. The molecular weight excluding hydrogens is 480 g/mol. The molecule has 7 nitrogen and oxygen atoms in total. The zero-order chi connectivity index (χ0) is 25.5. The van der Waals surface area contributed by atoms with Crippen LogP contribution in [0.3, 0.4) is 0 Å². The molecule has 0 radical (unpaired) electrons. The van der Waals surface area contributed by atoms with Crippen LogP contribution in [0.25, 0.3) is 4.91 Å². The molecule has 5 rings (SSSR count). The third-order valence-corrected chi connectivity index (χ3v) is 9.17. The Labute approximate surface area is 211 Å². The van der Waals surface area contributed by atoms with Crippen molar-refractivity contribution < 1.29 is 32.2 Å². The highest BCUT2D eigenvalue weighted by Crippen LogP contribution is 2.60. The Morgan fingerprint density at radius 2 is 1.50 bits per heavy atom. The minimum Gasteiger partial charge on any atom is -0.458 e. The van der Waals surface area contributed by atoms with E-state index in [1.54, 1.807) is 42.5 Å². The number of benzene rings is 2. The topological polar surface area (TPSA) is 96.0 Å². The number of hydrogen-bond acceptors (Lipinski definition) is 7. The molecule has 0 N–H and O–H groups in total. The number of rotatable bonds is 6. The van der Waals surface area contributed by atoms with Gasteiger partial charge in [0.2, 0.25) is 9.84 Å². The molecule has 0 amide bonds. The van der Waals surface area contributed by atoms with Gasteiger partial charge in [-0.15, -0.1) is 0 Å². The Morgan fingerprint density at radius 3 is 2.17 bits per heavy atom. The summed E-state index contributed by atoms with van der Waals surface area (Å²) in [7, 11) is -3.97. The maximum absolute atomic E-state index is 14.1. The molecule has 0 saturated heterocycles. The van der Waals surface area contributed by atoms with Crippen molar-refractivity contribution in [3.63, 3.8) is 0 Å². The van der Waals surface area contributed by atoms with Crippen LogP contribution >= 0.6 is 0 Å². The SMILES string of the molecule is CC(=O)O[C@H]1CC2=C(S(=O)(=O)c3ccccc3)c3ccccc3[C@@]2(OC2CCCCC2)[C@H]1OC(C)=O. The van der Waals surface area contributed by atoms with Gasteiger partial charge in [-0.05, 0) is 30.5 Å². The fraction of sp³-hybridized carbons (Fsp3) is 0.429. The van der Waals surface area contributed by atoms with E-state index in [4.69, 9.17) is 14.2 Å². The van der Waals surface area contributed by atoms with Crippen molar-refractivity contribution in [2.75, 3.05) is 0 Å². The largest absolute Gasteiger partial charge is 0.458 e. The van der Waals surface area contributed by atoms with Crippen LogP contribution in [0.5, 0.6) is 0 Å². The van der Waals surface area contributed by atoms with E-state index in [9.17, 15) is 18.0 Å².